The molecule has 0 fully saturated rings. The fraction of sp³-hybridized carbons (Fsp3) is 0.269. The molecule has 3 aromatic carbocycles. The average Bonchev–Trinajstić information content (AvgIpc) is 2.84. The zero-order valence-electron chi connectivity index (χ0n) is 20.0. The van der Waals surface area contributed by atoms with Gasteiger partial charge in [0.15, 0.2) is 6.61 Å². The van der Waals surface area contributed by atoms with Crippen molar-refractivity contribution in [3.05, 3.63) is 89.5 Å². The summed E-state index contributed by atoms with van der Waals surface area (Å²) in [5.41, 5.74) is 2.66. The Bertz CT molecular complexity index is 1300. The second kappa shape index (κ2) is 12.2. The second-order valence-electron chi connectivity index (χ2n) is 8.40. The summed E-state index contributed by atoms with van der Waals surface area (Å²) in [6, 6.07) is 20.6. The van der Waals surface area contributed by atoms with Crippen LogP contribution in [0.3, 0.4) is 0 Å². The number of rotatable bonds is 11. The first-order valence-corrected chi connectivity index (χ1v) is 13.2. The smallest absolute Gasteiger partial charge is 0.422 e. The van der Waals surface area contributed by atoms with Gasteiger partial charge in [0.05, 0.1) is 17.9 Å². The summed E-state index contributed by atoms with van der Waals surface area (Å²) in [5, 5.41) is 13.4. The number of halogens is 3. The van der Waals surface area contributed by atoms with Gasteiger partial charge in [-0.25, -0.2) is 13.1 Å². The number of hydrogen-bond acceptors (Lipinski definition) is 6. The Morgan fingerprint density at radius 3 is 2.27 bits per heavy atom. The standard InChI is InChI=1S/C26H27F3N2O5S/c1-37(34,35)31-25(33)22-12-11-21(15-24(22)36-17-26(27,28)29)19-9-7-18(8-10-19)13-14-30-16-23(32)20-5-3-2-4-6-20/h2-12,15,23,30,32H,13-14,16-17H2,1H3,(H,31,33)/t23-/m0/s1. The van der Waals surface area contributed by atoms with E-state index in [9.17, 15) is 31.5 Å². The van der Waals surface area contributed by atoms with Crippen LogP contribution in [0.4, 0.5) is 13.2 Å². The Hall–Kier alpha value is -3.41. The number of amides is 1. The van der Waals surface area contributed by atoms with Gasteiger partial charge in [0.2, 0.25) is 10.0 Å². The Morgan fingerprint density at radius 1 is 1.00 bits per heavy atom. The predicted molar refractivity (Wildman–Crippen MR) is 134 cm³/mol. The van der Waals surface area contributed by atoms with Gasteiger partial charge in [-0.05, 0) is 47.4 Å². The molecule has 0 bridgehead atoms. The minimum atomic E-state index is -4.65. The molecule has 0 aliphatic carbocycles. The molecule has 0 aliphatic heterocycles. The summed E-state index contributed by atoms with van der Waals surface area (Å²) >= 11 is 0. The van der Waals surface area contributed by atoms with Gasteiger partial charge < -0.3 is 15.2 Å². The monoisotopic (exact) mass is 536 g/mol. The molecule has 0 saturated carbocycles. The van der Waals surface area contributed by atoms with Crippen LogP contribution in [-0.4, -0.2) is 51.6 Å². The van der Waals surface area contributed by atoms with Gasteiger partial charge in [0, 0.05) is 6.54 Å². The SMILES string of the molecule is CS(=O)(=O)NC(=O)c1ccc(-c2ccc(CCNC[C@H](O)c3ccccc3)cc2)cc1OCC(F)(F)F. The fourth-order valence-electron chi connectivity index (χ4n) is 3.52. The molecule has 198 valence electrons. The summed E-state index contributed by atoms with van der Waals surface area (Å²) in [5.74, 6) is -1.48. The van der Waals surface area contributed by atoms with Gasteiger partial charge in [0.1, 0.15) is 5.75 Å². The molecule has 7 nitrogen and oxygen atoms in total. The van der Waals surface area contributed by atoms with Gasteiger partial charge in [0.25, 0.3) is 5.91 Å². The van der Waals surface area contributed by atoms with Crippen molar-refractivity contribution < 1.29 is 36.2 Å². The van der Waals surface area contributed by atoms with E-state index in [1.54, 1.807) is 16.9 Å². The molecule has 0 spiro atoms. The quantitative estimate of drug-likeness (QED) is 0.322. The third-order valence-electron chi connectivity index (χ3n) is 5.30. The summed E-state index contributed by atoms with van der Waals surface area (Å²) in [6.07, 6.45) is -3.81. The Morgan fingerprint density at radius 2 is 1.65 bits per heavy atom. The van der Waals surface area contributed by atoms with Gasteiger partial charge >= 0.3 is 6.18 Å². The highest BCUT2D eigenvalue weighted by atomic mass is 32.2. The van der Waals surface area contributed by atoms with Gasteiger partial charge in [-0.1, -0.05) is 60.7 Å². The number of aliphatic hydroxyl groups is 1. The van der Waals surface area contributed by atoms with E-state index in [0.29, 0.717) is 30.6 Å². The number of sulfonamides is 1. The lowest BCUT2D eigenvalue weighted by molar-refractivity contribution is -0.153. The van der Waals surface area contributed by atoms with Crippen LogP contribution >= 0.6 is 0 Å². The van der Waals surface area contributed by atoms with Crippen LogP contribution < -0.4 is 14.8 Å². The summed E-state index contributed by atoms with van der Waals surface area (Å²) in [4.78, 5) is 12.3. The molecule has 0 aliphatic rings. The molecule has 1 atom stereocenters. The van der Waals surface area contributed by atoms with Crippen LogP contribution in [0, 0.1) is 0 Å². The summed E-state index contributed by atoms with van der Waals surface area (Å²) in [6.45, 7) is -0.606. The van der Waals surface area contributed by atoms with Crippen LogP contribution in [0.5, 0.6) is 5.75 Å². The van der Waals surface area contributed by atoms with Crippen molar-refractivity contribution in [3.8, 4) is 16.9 Å². The number of benzene rings is 3. The van der Waals surface area contributed by atoms with Crippen molar-refractivity contribution >= 4 is 15.9 Å². The number of ether oxygens (including phenoxy) is 1. The molecule has 11 heteroatoms. The van der Waals surface area contributed by atoms with Crippen molar-refractivity contribution in [3.63, 3.8) is 0 Å². The average molecular weight is 537 g/mol. The molecule has 3 rings (SSSR count). The van der Waals surface area contributed by atoms with Gasteiger partial charge in [-0.2, -0.15) is 13.2 Å². The maximum absolute atomic E-state index is 12.7. The number of nitrogens with one attached hydrogen (secondary N) is 2. The molecule has 0 radical (unpaired) electrons. The highest BCUT2D eigenvalue weighted by Crippen LogP contribution is 2.29. The summed E-state index contributed by atoms with van der Waals surface area (Å²) in [7, 11) is -3.92. The van der Waals surface area contributed by atoms with Crippen LogP contribution in [0.25, 0.3) is 11.1 Å². The Kier molecular flexibility index (Phi) is 9.30. The van der Waals surface area contributed by atoms with Crippen LogP contribution in [-0.2, 0) is 16.4 Å². The van der Waals surface area contributed by atoms with E-state index in [4.69, 9.17) is 4.74 Å². The second-order valence-corrected chi connectivity index (χ2v) is 10.1. The highest BCUT2D eigenvalue weighted by Gasteiger charge is 2.29. The fourth-order valence-corrected chi connectivity index (χ4v) is 3.97. The maximum Gasteiger partial charge on any atom is 0.422 e. The van der Waals surface area contributed by atoms with Crippen LogP contribution in [0.2, 0.25) is 0 Å². The van der Waals surface area contributed by atoms with E-state index >= 15 is 0 Å². The molecule has 3 aromatic rings. The van der Waals surface area contributed by atoms with Crippen LogP contribution in [0.15, 0.2) is 72.8 Å². The van der Waals surface area contributed by atoms with Crippen molar-refractivity contribution in [2.45, 2.75) is 18.7 Å². The number of carbonyl (C=O) groups is 1. The topological polar surface area (TPSA) is 105 Å². The van der Waals surface area contributed by atoms with E-state index in [1.807, 2.05) is 42.5 Å². The van der Waals surface area contributed by atoms with E-state index in [1.165, 1.54) is 18.2 Å². The van der Waals surface area contributed by atoms with E-state index < -0.39 is 34.8 Å². The van der Waals surface area contributed by atoms with Crippen molar-refractivity contribution in [2.75, 3.05) is 26.0 Å². The molecule has 0 aromatic heterocycles. The number of hydrogen-bond donors (Lipinski definition) is 3. The molecule has 0 saturated heterocycles. The molecule has 3 N–H and O–H groups in total. The molecule has 0 heterocycles. The third kappa shape index (κ3) is 9.19. The lowest BCUT2D eigenvalue weighted by Crippen LogP contribution is -2.30. The summed E-state index contributed by atoms with van der Waals surface area (Å²) < 4.78 is 67.5. The number of alkyl halides is 3. The van der Waals surface area contributed by atoms with Gasteiger partial charge in [-0.15, -0.1) is 0 Å². The van der Waals surface area contributed by atoms with E-state index in [-0.39, 0.29) is 11.3 Å². The maximum atomic E-state index is 12.7. The third-order valence-corrected chi connectivity index (χ3v) is 5.85. The highest BCUT2D eigenvalue weighted by molar-refractivity contribution is 7.89. The normalized spacial score (nSPS) is 12.7. The minimum Gasteiger partial charge on any atom is -0.483 e. The van der Waals surface area contributed by atoms with Crippen molar-refractivity contribution in [1.82, 2.24) is 10.0 Å². The number of carbonyl (C=O) groups excluding carboxylic acids is 1. The Balaban J connectivity index is 1.66. The number of aliphatic hydroxyl groups excluding tert-OH is 1. The van der Waals surface area contributed by atoms with Crippen molar-refractivity contribution in [2.24, 2.45) is 0 Å². The molecular weight excluding hydrogens is 509 g/mol. The lowest BCUT2D eigenvalue weighted by Gasteiger charge is -2.15. The molecule has 1 amide bonds. The van der Waals surface area contributed by atoms with Gasteiger partial charge in [-0.3, -0.25) is 4.79 Å². The Labute approximate surface area is 213 Å². The first kappa shape index (κ1) is 28.2. The zero-order chi connectivity index (χ0) is 27.1. The zero-order valence-corrected chi connectivity index (χ0v) is 20.8. The predicted octanol–water partition coefficient (Wildman–Crippen LogP) is 3.85. The molecule has 37 heavy (non-hydrogen) atoms. The molecule has 0 unspecified atom stereocenters. The largest absolute Gasteiger partial charge is 0.483 e. The van der Waals surface area contributed by atoms with E-state index in [0.717, 1.165) is 17.4 Å². The minimum absolute atomic E-state index is 0.334. The van der Waals surface area contributed by atoms with Crippen molar-refractivity contribution in [1.29, 1.82) is 0 Å². The van der Waals surface area contributed by atoms with Crippen LogP contribution in [0.1, 0.15) is 27.6 Å². The lowest BCUT2D eigenvalue weighted by atomic mass is 10.0. The van der Waals surface area contributed by atoms with E-state index in [2.05, 4.69) is 5.32 Å². The first-order valence-electron chi connectivity index (χ1n) is 11.3. The first-order chi connectivity index (χ1) is 17.4. The molecular formula is C26H27F3N2O5S.